The first kappa shape index (κ1) is 17.7. The molecule has 1 rings (SSSR count). The molecule has 7 heteroatoms. The van der Waals surface area contributed by atoms with E-state index >= 15 is 0 Å². The van der Waals surface area contributed by atoms with Gasteiger partial charge in [0, 0.05) is 11.7 Å². The number of sulfonamides is 1. The Morgan fingerprint density at radius 1 is 1.42 bits per heavy atom. The molecule has 110 valence electrons. The highest BCUT2D eigenvalue weighted by Crippen LogP contribution is 2.22. The second kappa shape index (κ2) is 6.74. The van der Waals surface area contributed by atoms with Gasteiger partial charge in [-0.05, 0) is 44.0 Å². The highest BCUT2D eigenvalue weighted by atomic mass is 32.2. The lowest BCUT2D eigenvalue weighted by atomic mass is 10.1. The molecule has 0 aliphatic carbocycles. The Balaban J connectivity index is 0.00000324. The summed E-state index contributed by atoms with van der Waals surface area (Å²) in [5, 5.41) is 1.65. The molecular weight excluding hydrogens is 266 g/mol. The first-order valence-corrected chi connectivity index (χ1v) is 7.76. The number of anilines is 2. The number of nitrogens with zero attached hydrogens (tertiary/aromatic N) is 1. The van der Waals surface area contributed by atoms with Crippen LogP contribution in [0.5, 0.6) is 0 Å². The Morgan fingerprint density at radius 3 is 2.42 bits per heavy atom. The van der Waals surface area contributed by atoms with Crippen LogP contribution in [0.25, 0.3) is 0 Å². The highest BCUT2D eigenvalue weighted by Gasteiger charge is 2.17. The zero-order chi connectivity index (χ0) is 13.9. The van der Waals surface area contributed by atoms with Crippen molar-refractivity contribution in [3.8, 4) is 0 Å². The lowest BCUT2D eigenvalue weighted by molar-refractivity contribution is 0.553. The molecule has 1 unspecified atom stereocenters. The van der Waals surface area contributed by atoms with E-state index in [1.165, 1.54) is 0 Å². The number of rotatable bonds is 5. The molecule has 0 saturated heterocycles. The number of nitrogen functional groups attached to an aromatic ring is 1. The zero-order valence-corrected chi connectivity index (χ0v) is 12.6. The molecule has 0 aliphatic rings. The van der Waals surface area contributed by atoms with Crippen LogP contribution in [-0.2, 0) is 10.0 Å². The predicted octanol–water partition coefficient (Wildman–Crippen LogP) is 0.822. The fraction of sp³-hybridized carbons (Fsp3) is 0.500. The second-order valence-electron chi connectivity index (χ2n) is 4.53. The first-order valence-electron chi connectivity index (χ1n) is 5.87. The van der Waals surface area contributed by atoms with Gasteiger partial charge >= 0.3 is 0 Å². The van der Waals surface area contributed by atoms with Crippen molar-refractivity contribution in [1.29, 1.82) is 0 Å². The molecule has 0 amide bonds. The first-order chi connectivity index (χ1) is 8.24. The van der Waals surface area contributed by atoms with Crippen molar-refractivity contribution in [3.05, 3.63) is 23.8 Å². The Bertz CT molecular complexity index is 517. The summed E-state index contributed by atoms with van der Waals surface area (Å²) in [5.41, 5.74) is 8.18. The summed E-state index contributed by atoms with van der Waals surface area (Å²) in [6, 6.07) is 5.53. The van der Waals surface area contributed by atoms with E-state index in [4.69, 9.17) is 5.73 Å². The van der Waals surface area contributed by atoms with Crippen LogP contribution in [0.2, 0.25) is 0 Å². The number of hydrogen-bond donors (Lipinski definition) is 2. The van der Waals surface area contributed by atoms with Gasteiger partial charge in [0.05, 0.1) is 11.9 Å². The number of hydrazine groups is 1. The van der Waals surface area contributed by atoms with Crippen molar-refractivity contribution in [2.75, 3.05) is 17.0 Å². The molecule has 5 N–H and O–H groups in total. The van der Waals surface area contributed by atoms with Crippen LogP contribution in [0, 0.1) is 6.92 Å². The van der Waals surface area contributed by atoms with Crippen molar-refractivity contribution in [2.24, 2.45) is 0 Å². The van der Waals surface area contributed by atoms with E-state index in [0.717, 1.165) is 23.9 Å². The maximum atomic E-state index is 11.4. The fourth-order valence-electron chi connectivity index (χ4n) is 1.57. The summed E-state index contributed by atoms with van der Waals surface area (Å²) in [5.74, 6) is 0. The molecule has 6 nitrogen and oxygen atoms in total. The molecular formula is C12H23N3O3S. The number of nitrogens with two attached hydrogens (primary N) is 1. The maximum absolute atomic E-state index is 11.4. The number of nitrogens with one attached hydrogen (secondary N) is 1. The molecule has 0 heterocycles. The van der Waals surface area contributed by atoms with Crippen LogP contribution in [-0.4, -0.2) is 26.2 Å². The van der Waals surface area contributed by atoms with Crippen LogP contribution in [0.4, 0.5) is 11.4 Å². The Labute approximate surface area is 114 Å². The van der Waals surface area contributed by atoms with Crippen LogP contribution >= 0.6 is 0 Å². The van der Waals surface area contributed by atoms with E-state index < -0.39 is 10.0 Å². The molecule has 0 saturated carbocycles. The van der Waals surface area contributed by atoms with E-state index in [0.29, 0.717) is 5.69 Å². The van der Waals surface area contributed by atoms with Crippen LogP contribution in [0.3, 0.4) is 0 Å². The monoisotopic (exact) mass is 289 g/mol. The molecule has 0 spiro atoms. The molecule has 0 radical (unpaired) electrons. The zero-order valence-electron chi connectivity index (χ0n) is 11.8. The number of hydrogen-bond acceptors (Lipinski definition) is 4. The Hall–Kier alpha value is -1.31. The average Bonchev–Trinajstić information content (AvgIpc) is 2.27. The van der Waals surface area contributed by atoms with E-state index in [9.17, 15) is 8.42 Å². The smallest absolute Gasteiger partial charge is 0.225 e. The van der Waals surface area contributed by atoms with Crippen LogP contribution in [0.1, 0.15) is 25.8 Å². The number of benzene rings is 1. The molecule has 1 aromatic carbocycles. The van der Waals surface area contributed by atoms with Crippen molar-refractivity contribution in [2.45, 2.75) is 33.2 Å². The topological polar surface area (TPSA) is 107 Å². The summed E-state index contributed by atoms with van der Waals surface area (Å²) >= 11 is 0. The third-order valence-corrected chi connectivity index (χ3v) is 3.36. The van der Waals surface area contributed by atoms with Gasteiger partial charge in [-0.3, -0.25) is 5.01 Å². The van der Waals surface area contributed by atoms with Gasteiger partial charge in [-0.15, -0.1) is 4.83 Å². The highest BCUT2D eigenvalue weighted by molar-refractivity contribution is 7.88. The van der Waals surface area contributed by atoms with Crippen molar-refractivity contribution in [1.82, 2.24) is 4.83 Å². The normalized spacial score (nSPS) is 12.6. The van der Waals surface area contributed by atoms with Gasteiger partial charge in [0.1, 0.15) is 0 Å². The lowest BCUT2D eigenvalue weighted by Gasteiger charge is -2.30. The molecule has 0 aliphatic heterocycles. The summed E-state index contributed by atoms with van der Waals surface area (Å²) in [7, 11) is -3.30. The minimum atomic E-state index is -3.30. The quantitative estimate of drug-likeness (QED) is 0.618. The lowest BCUT2D eigenvalue weighted by Crippen LogP contribution is -2.47. The fourth-order valence-corrected chi connectivity index (χ4v) is 2.21. The standard InChI is InChI=1S/C12H21N3O2S.H2O/c1-5-10(3)15(14-18(4,16)17)11-6-7-12(13)9(2)8-11;/h6-8,10,14H,5,13H2,1-4H3;1H2. The van der Waals surface area contributed by atoms with Crippen molar-refractivity contribution >= 4 is 21.4 Å². The minimum Gasteiger partial charge on any atom is -0.412 e. The minimum absolute atomic E-state index is 0. The third kappa shape index (κ3) is 5.06. The number of aryl methyl sites for hydroxylation is 1. The van der Waals surface area contributed by atoms with Gasteiger partial charge in [0.15, 0.2) is 0 Å². The summed E-state index contributed by atoms with van der Waals surface area (Å²) in [6.07, 6.45) is 1.97. The van der Waals surface area contributed by atoms with E-state index in [2.05, 4.69) is 4.83 Å². The Morgan fingerprint density at radius 2 is 2.00 bits per heavy atom. The van der Waals surface area contributed by atoms with E-state index in [-0.39, 0.29) is 11.5 Å². The van der Waals surface area contributed by atoms with E-state index in [1.807, 2.05) is 32.9 Å². The Kier molecular flexibility index (Phi) is 6.28. The molecule has 1 atom stereocenters. The van der Waals surface area contributed by atoms with Gasteiger partial charge in [-0.2, -0.15) is 0 Å². The molecule has 0 aromatic heterocycles. The van der Waals surface area contributed by atoms with Gasteiger partial charge in [0.2, 0.25) is 10.0 Å². The van der Waals surface area contributed by atoms with Crippen molar-refractivity contribution < 1.29 is 13.9 Å². The van der Waals surface area contributed by atoms with Gasteiger partial charge in [-0.1, -0.05) is 6.92 Å². The van der Waals surface area contributed by atoms with E-state index in [1.54, 1.807) is 11.1 Å². The summed E-state index contributed by atoms with van der Waals surface area (Å²) in [6.45, 7) is 5.86. The van der Waals surface area contributed by atoms with Crippen molar-refractivity contribution in [3.63, 3.8) is 0 Å². The van der Waals surface area contributed by atoms with Gasteiger partial charge in [0.25, 0.3) is 0 Å². The second-order valence-corrected chi connectivity index (χ2v) is 6.26. The van der Waals surface area contributed by atoms with Crippen LogP contribution < -0.4 is 15.6 Å². The largest absolute Gasteiger partial charge is 0.412 e. The third-order valence-electron chi connectivity index (χ3n) is 2.83. The summed E-state index contributed by atoms with van der Waals surface area (Å²) in [4.78, 5) is 2.53. The SMILES string of the molecule is CCC(C)N(NS(C)(=O)=O)c1ccc(N)c(C)c1.O. The summed E-state index contributed by atoms with van der Waals surface area (Å²) < 4.78 is 22.8. The molecule has 0 fully saturated rings. The average molecular weight is 289 g/mol. The van der Waals surface area contributed by atoms with Gasteiger partial charge < -0.3 is 11.2 Å². The predicted molar refractivity (Wildman–Crippen MR) is 79.4 cm³/mol. The van der Waals surface area contributed by atoms with Crippen LogP contribution in [0.15, 0.2) is 18.2 Å². The molecule has 1 aromatic rings. The van der Waals surface area contributed by atoms with Gasteiger partial charge in [-0.25, -0.2) is 8.42 Å². The maximum Gasteiger partial charge on any atom is 0.225 e. The molecule has 0 bridgehead atoms. The molecule has 19 heavy (non-hydrogen) atoms.